The quantitative estimate of drug-likeness (QED) is 0.860. The van der Waals surface area contributed by atoms with Crippen LogP contribution in [0.1, 0.15) is 18.4 Å². The Hall–Kier alpha value is -1.56. The lowest BCUT2D eigenvalue weighted by molar-refractivity contribution is -0.144. The van der Waals surface area contributed by atoms with E-state index in [2.05, 4.69) is 4.72 Å². The van der Waals surface area contributed by atoms with E-state index in [0.29, 0.717) is 11.5 Å². The van der Waals surface area contributed by atoms with Gasteiger partial charge in [0.25, 0.3) is 0 Å². The van der Waals surface area contributed by atoms with Crippen LogP contribution in [0.4, 0.5) is 0 Å². The molecule has 1 aliphatic heterocycles. The summed E-state index contributed by atoms with van der Waals surface area (Å²) in [5.41, 5.74) is -1.26. The van der Waals surface area contributed by atoms with Crippen LogP contribution in [0.3, 0.4) is 0 Å². The maximum atomic E-state index is 12.4. The number of rotatable bonds is 4. The largest absolute Gasteiger partial charge is 0.480 e. The van der Waals surface area contributed by atoms with Crippen molar-refractivity contribution in [3.63, 3.8) is 0 Å². The maximum absolute atomic E-state index is 12.4. The highest BCUT2D eigenvalue weighted by molar-refractivity contribution is 7.99. The molecule has 0 radical (unpaired) electrons. The van der Waals surface area contributed by atoms with Gasteiger partial charge in [0, 0.05) is 0 Å². The Kier molecular flexibility index (Phi) is 4.56. The van der Waals surface area contributed by atoms with E-state index < -0.39 is 21.5 Å². The summed E-state index contributed by atoms with van der Waals surface area (Å²) in [7, 11) is -3.99. The molecule has 2 N–H and O–H groups in total. The van der Waals surface area contributed by atoms with Gasteiger partial charge in [-0.05, 0) is 42.5 Å². The number of aliphatic carboxylic acids is 1. The van der Waals surface area contributed by atoms with Gasteiger partial charge in [-0.15, -0.1) is 0 Å². The zero-order valence-corrected chi connectivity index (χ0v) is 12.7. The van der Waals surface area contributed by atoms with Crippen LogP contribution in [-0.2, 0) is 14.8 Å². The molecule has 1 heterocycles. The van der Waals surface area contributed by atoms with Gasteiger partial charge in [0.05, 0.1) is 16.5 Å². The second-order valence-corrected chi connectivity index (χ2v) is 7.65. The fourth-order valence-electron chi connectivity index (χ4n) is 2.13. The van der Waals surface area contributed by atoms with E-state index in [4.69, 9.17) is 5.26 Å². The number of nitrogens with zero attached hydrogens (tertiary/aromatic N) is 1. The summed E-state index contributed by atoms with van der Waals surface area (Å²) in [4.78, 5) is 11.4. The van der Waals surface area contributed by atoms with Crippen molar-refractivity contribution in [2.45, 2.75) is 23.3 Å². The van der Waals surface area contributed by atoms with Gasteiger partial charge in [-0.25, -0.2) is 8.42 Å². The molecule has 0 atom stereocenters. The van der Waals surface area contributed by atoms with Gasteiger partial charge in [-0.3, -0.25) is 4.79 Å². The minimum Gasteiger partial charge on any atom is -0.480 e. The minimum absolute atomic E-state index is 0.0969. The number of sulfonamides is 1. The minimum atomic E-state index is -3.99. The standard InChI is InChI=1S/C13H14N2O4S2/c14-9-10-2-1-3-11(8-10)21(18,19)15-13(12(16)17)4-6-20-7-5-13/h1-3,8,15H,4-7H2,(H,16,17). The van der Waals surface area contributed by atoms with Crippen molar-refractivity contribution in [3.05, 3.63) is 29.8 Å². The molecule has 112 valence electrons. The Bertz CT molecular complexity index is 688. The molecule has 0 saturated carbocycles. The van der Waals surface area contributed by atoms with Gasteiger partial charge >= 0.3 is 5.97 Å². The molecule has 21 heavy (non-hydrogen) atoms. The van der Waals surface area contributed by atoms with Crippen LogP contribution >= 0.6 is 11.8 Å². The predicted molar refractivity (Wildman–Crippen MR) is 78.4 cm³/mol. The molecule has 1 aliphatic rings. The van der Waals surface area contributed by atoms with Gasteiger partial charge in [0.2, 0.25) is 10.0 Å². The Morgan fingerprint density at radius 3 is 2.62 bits per heavy atom. The molecule has 0 aromatic heterocycles. The molecule has 1 aromatic carbocycles. The van der Waals surface area contributed by atoms with Crippen LogP contribution in [0.5, 0.6) is 0 Å². The van der Waals surface area contributed by atoms with Crippen LogP contribution in [0, 0.1) is 11.3 Å². The summed E-state index contributed by atoms with van der Waals surface area (Å²) in [6, 6.07) is 7.38. The Morgan fingerprint density at radius 1 is 1.38 bits per heavy atom. The second kappa shape index (κ2) is 6.05. The van der Waals surface area contributed by atoms with Gasteiger partial charge in [-0.2, -0.15) is 21.7 Å². The van der Waals surface area contributed by atoms with Crippen molar-refractivity contribution >= 4 is 27.8 Å². The van der Waals surface area contributed by atoms with E-state index >= 15 is 0 Å². The number of nitriles is 1. The van der Waals surface area contributed by atoms with Crippen molar-refractivity contribution in [2.75, 3.05) is 11.5 Å². The number of thioether (sulfide) groups is 1. The van der Waals surface area contributed by atoms with E-state index in [1.807, 2.05) is 6.07 Å². The fourth-order valence-corrected chi connectivity index (χ4v) is 4.78. The highest BCUT2D eigenvalue weighted by atomic mass is 32.2. The first kappa shape index (κ1) is 15.8. The van der Waals surface area contributed by atoms with Crippen molar-refractivity contribution < 1.29 is 18.3 Å². The van der Waals surface area contributed by atoms with E-state index in [9.17, 15) is 18.3 Å². The lowest BCUT2D eigenvalue weighted by atomic mass is 9.94. The number of carbonyl (C=O) groups is 1. The molecular weight excluding hydrogens is 312 g/mol. The molecule has 0 amide bonds. The smallest absolute Gasteiger partial charge is 0.324 e. The molecule has 2 rings (SSSR count). The van der Waals surface area contributed by atoms with Crippen molar-refractivity contribution in [3.8, 4) is 6.07 Å². The topological polar surface area (TPSA) is 107 Å². The third kappa shape index (κ3) is 3.37. The molecule has 1 saturated heterocycles. The Labute approximate surface area is 127 Å². The molecule has 0 bridgehead atoms. The molecule has 0 aliphatic carbocycles. The first-order valence-corrected chi connectivity index (χ1v) is 8.89. The average molecular weight is 326 g/mol. The predicted octanol–water partition coefficient (Wildman–Crippen LogP) is 1.19. The molecule has 1 fully saturated rings. The number of hydrogen-bond donors (Lipinski definition) is 2. The van der Waals surface area contributed by atoms with E-state index in [0.717, 1.165) is 0 Å². The molecular formula is C13H14N2O4S2. The van der Waals surface area contributed by atoms with Crippen LogP contribution in [-0.4, -0.2) is 36.5 Å². The van der Waals surface area contributed by atoms with Crippen LogP contribution in [0.15, 0.2) is 29.2 Å². The second-order valence-electron chi connectivity index (χ2n) is 4.74. The van der Waals surface area contributed by atoms with Crippen molar-refractivity contribution in [1.82, 2.24) is 4.72 Å². The molecule has 0 unspecified atom stereocenters. The Morgan fingerprint density at radius 2 is 2.05 bits per heavy atom. The Balaban J connectivity index is 2.35. The molecule has 6 nitrogen and oxygen atoms in total. The zero-order valence-electron chi connectivity index (χ0n) is 11.1. The monoisotopic (exact) mass is 326 g/mol. The van der Waals surface area contributed by atoms with Crippen LogP contribution in [0.25, 0.3) is 0 Å². The van der Waals surface area contributed by atoms with Gasteiger partial charge < -0.3 is 5.11 Å². The lowest BCUT2D eigenvalue weighted by Crippen LogP contribution is -2.56. The van der Waals surface area contributed by atoms with Gasteiger partial charge in [0.1, 0.15) is 5.54 Å². The summed E-state index contributed by atoms with van der Waals surface area (Å²) in [6.07, 6.45) is 0.480. The number of carboxylic acid groups (broad SMARTS) is 1. The summed E-state index contributed by atoms with van der Waals surface area (Å²) in [6.45, 7) is 0. The normalized spacial score (nSPS) is 17.9. The number of nitrogens with one attached hydrogen (secondary N) is 1. The molecule has 1 aromatic rings. The molecule has 8 heteroatoms. The zero-order chi connectivity index (χ0) is 15.5. The first-order chi connectivity index (χ1) is 9.89. The maximum Gasteiger partial charge on any atom is 0.324 e. The third-order valence-electron chi connectivity index (χ3n) is 3.36. The first-order valence-electron chi connectivity index (χ1n) is 6.25. The SMILES string of the molecule is N#Cc1cccc(S(=O)(=O)NC2(C(=O)O)CCSCC2)c1. The molecule has 0 spiro atoms. The summed E-state index contributed by atoms with van der Waals surface area (Å²) < 4.78 is 27.1. The van der Waals surface area contributed by atoms with E-state index in [1.165, 1.54) is 24.3 Å². The fraction of sp³-hybridized carbons (Fsp3) is 0.385. The summed E-state index contributed by atoms with van der Waals surface area (Å²) >= 11 is 1.60. The van der Waals surface area contributed by atoms with Crippen molar-refractivity contribution in [2.24, 2.45) is 0 Å². The van der Waals surface area contributed by atoms with Crippen LogP contribution < -0.4 is 4.72 Å². The number of benzene rings is 1. The van der Waals surface area contributed by atoms with Gasteiger partial charge in [0.15, 0.2) is 0 Å². The number of hydrogen-bond acceptors (Lipinski definition) is 5. The summed E-state index contributed by atoms with van der Waals surface area (Å²) in [5, 5.41) is 18.2. The third-order valence-corrected chi connectivity index (χ3v) is 5.88. The number of carboxylic acids is 1. The van der Waals surface area contributed by atoms with Crippen molar-refractivity contribution in [1.29, 1.82) is 5.26 Å². The van der Waals surface area contributed by atoms with Crippen LogP contribution in [0.2, 0.25) is 0 Å². The lowest BCUT2D eigenvalue weighted by Gasteiger charge is -2.33. The highest BCUT2D eigenvalue weighted by Crippen LogP contribution is 2.29. The van der Waals surface area contributed by atoms with E-state index in [1.54, 1.807) is 11.8 Å². The van der Waals surface area contributed by atoms with Gasteiger partial charge in [-0.1, -0.05) is 6.07 Å². The highest BCUT2D eigenvalue weighted by Gasteiger charge is 2.43. The average Bonchev–Trinajstić information content (AvgIpc) is 2.47. The van der Waals surface area contributed by atoms with E-state index in [-0.39, 0.29) is 23.3 Å². The summed E-state index contributed by atoms with van der Waals surface area (Å²) in [5.74, 6) is 0.0166.